The summed E-state index contributed by atoms with van der Waals surface area (Å²) in [6, 6.07) is 32.9. The van der Waals surface area contributed by atoms with E-state index in [0.29, 0.717) is 26.4 Å². The Bertz CT molecular complexity index is 1770. The smallest absolute Gasteiger partial charge is 0.192 e. The van der Waals surface area contributed by atoms with Gasteiger partial charge in [0.2, 0.25) is 0 Å². The van der Waals surface area contributed by atoms with Gasteiger partial charge in [0.1, 0.15) is 0 Å². The van der Waals surface area contributed by atoms with Crippen LogP contribution in [0.4, 0.5) is 5.69 Å². The van der Waals surface area contributed by atoms with Gasteiger partial charge in [-0.1, -0.05) is 57.9 Å². The molecule has 6 nitrogen and oxygen atoms in total. The van der Waals surface area contributed by atoms with Gasteiger partial charge in [0.25, 0.3) is 0 Å². The minimum Gasteiger partial charge on any atom is -0.278 e. The molecular weight excluding hydrogens is 568 g/mol. The predicted octanol–water partition coefficient (Wildman–Crippen LogP) is 7.44. The number of hydrogen-bond donors (Lipinski definition) is 1. The zero-order chi connectivity index (χ0) is 25.4. The molecule has 0 aliphatic rings. The highest BCUT2D eigenvalue weighted by molar-refractivity contribution is 9.10. The summed E-state index contributed by atoms with van der Waals surface area (Å²) < 4.78 is 5.28. The number of benzene rings is 4. The second-order valence-electron chi connectivity index (χ2n) is 8.20. The summed E-state index contributed by atoms with van der Waals surface area (Å²) in [5, 5.41) is 6.01. The standard InChI is InChI=1S/C28H18BrClN6S/c29-18-10-14-21(15-11-18)35-26-25(34-33-20-6-2-1-3-7-20)27(32-24-9-5-4-8-23(24)31-26)36(28(35)37)22-16-12-19(30)13-17-22/h1-17,33H. The fourth-order valence-corrected chi connectivity index (χ4v) is 4.83. The van der Waals surface area contributed by atoms with Gasteiger partial charge in [0.15, 0.2) is 21.4 Å². The molecule has 180 valence electrons. The van der Waals surface area contributed by atoms with Gasteiger partial charge >= 0.3 is 0 Å². The maximum absolute atomic E-state index is 6.22. The maximum atomic E-state index is 6.22. The zero-order valence-electron chi connectivity index (χ0n) is 19.2. The van der Waals surface area contributed by atoms with Gasteiger partial charge < -0.3 is 0 Å². The van der Waals surface area contributed by atoms with Gasteiger partial charge in [-0.05, 0) is 85.0 Å². The van der Waals surface area contributed by atoms with Crippen LogP contribution in [0.15, 0.2) is 113 Å². The number of fused-ring (bicyclic) bond motifs is 3. The van der Waals surface area contributed by atoms with Crippen molar-refractivity contribution < 1.29 is 0 Å². The third-order valence-corrected chi connectivity index (χ3v) is 6.95. The first kappa shape index (κ1) is 23.5. The lowest BCUT2D eigenvalue weighted by Gasteiger charge is -2.16. The molecule has 1 N–H and O–H groups in total. The molecule has 2 aromatic heterocycles. The SMILES string of the molecule is S=c1n(-c2ccc(Cl)cc2)c2nc3ccccc3nc(c2=NNc2ccccc2)n1-c1ccc(Br)cc1. The van der Waals surface area contributed by atoms with E-state index in [9.17, 15) is 0 Å². The van der Waals surface area contributed by atoms with Crippen molar-refractivity contribution in [1.29, 1.82) is 0 Å². The Balaban J connectivity index is 1.82. The number of nitrogens with zero attached hydrogens (tertiary/aromatic N) is 5. The van der Waals surface area contributed by atoms with Gasteiger partial charge in [-0.15, -0.1) is 0 Å². The van der Waals surface area contributed by atoms with Crippen LogP contribution in [0.1, 0.15) is 0 Å². The Kier molecular flexibility index (Phi) is 6.30. The molecule has 6 rings (SSSR count). The summed E-state index contributed by atoms with van der Waals surface area (Å²) in [6.45, 7) is 0. The van der Waals surface area contributed by atoms with E-state index in [0.717, 1.165) is 32.6 Å². The fraction of sp³-hybridized carbons (Fsp3) is 0. The molecule has 6 aromatic rings. The van der Waals surface area contributed by atoms with Crippen LogP contribution in [0.3, 0.4) is 0 Å². The molecule has 0 saturated heterocycles. The van der Waals surface area contributed by atoms with E-state index in [1.54, 1.807) is 0 Å². The minimum absolute atomic E-state index is 0.494. The minimum atomic E-state index is 0.494. The van der Waals surface area contributed by atoms with Crippen LogP contribution in [0, 0.1) is 4.77 Å². The molecule has 0 fully saturated rings. The molecule has 0 atom stereocenters. The molecule has 9 heteroatoms. The van der Waals surface area contributed by atoms with Crippen LogP contribution in [0.25, 0.3) is 33.7 Å². The van der Waals surface area contributed by atoms with Gasteiger partial charge in [0, 0.05) is 9.50 Å². The average molecular weight is 586 g/mol. The number of halogens is 2. The topological polar surface area (TPSA) is 60.0 Å². The van der Waals surface area contributed by atoms with Crippen molar-refractivity contribution in [3.63, 3.8) is 0 Å². The second kappa shape index (κ2) is 9.89. The average Bonchev–Trinajstić information content (AvgIpc) is 3.04. The number of hydrogen-bond acceptors (Lipinski definition) is 5. The van der Waals surface area contributed by atoms with Crippen LogP contribution in [-0.2, 0) is 0 Å². The molecule has 0 saturated carbocycles. The number of rotatable bonds is 4. The Labute approximate surface area is 230 Å². The third kappa shape index (κ3) is 4.55. The van der Waals surface area contributed by atoms with E-state index < -0.39 is 0 Å². The molecule has 0 spiro atoms. The predicted molar refractivity (Wildman–Crippen MR) is 155 cm³/mol. The first-order valence-electron chi connectivity index (χ1n) is 11.4. The summed E-state index contributed by atoms with van der Waals surface area (Å²) in [7, 11) is 0. The highest BCUT2D eigenvalue weighted by atomic mass is 79.9. The molecule has 0 radical (unpaired) electrons. The Morgan fingerprint density at radius 2 is 1.22 bits per heavy atom. The maximum Gasteiger partial charge on any atom is 0.192 e. The molecule has 0 unspecified atom stereocenters. The summed E-state index contributed by atoms with van der Waals surface area (Å²) in [6.07, 6.45) is 0. The molecule has 37 heavy (non-hydrogen) atoms. The Morgan fingerprint density at radius 1 is 0.703 bits per heavy atom. The fourth-order valence-electron chi connectivity index (χ4n) is 4.06. The monoisotopic (exact) mass is 584 g/mol. The summed E-state index contributed by atoms with van der Waals surface area (Å²) >= 11 is 15.9. The number of anilines is 1. The highest BCUT2D eigenvalue weighted by Crippen LogP contribution is 2.22. The molecule has 0 aliphatic carbocycles. The van der Waals surface area contributed by atoms with Gasteiger partial charge in [-0.25, -0.2) is 9.97 Å². The van der Waals surface area contributed by atoms with E-state index in [1.807, 2.05) is 112 Å². The van der Waals surface area contributed by atoms with Crippen molar-refractivity contribution in [1.82, 2.24) is 19.1 Å². The largest absolute Gasteiger partial charge is 0.278 e. The Hall–Kier alpha value is -3.85. The lowest BCUT2D eigenvalue weighted by molar-refractivity contribution is 0.886. The molecule has 2 bridgehead atoms. The molecule has 0 aliphatic heterocycles. The summed E-state index contributed by atoms with van der Waals surface area (Å²) in [5.74, 6) is 0. The third-order valence-electron chi connectivity index (χ3n) is 5.80. The molecule has 2 heterocycles. The lowest BCUT2D eigenvalue weighted by Crippen LogP contribution is -2.23. The Morgan fingerprint density at radius 3 is 1.78 bits per heavy atom. The van der Waals surface area contributed by atoms with E-state index in [1.165, 1.54) is 0 Å². The molecule has 4 aromatic carbocycles. The van der Waals surface area contributed by atoms with Gasteiger partial charge in [0.05, 0.1) is 28.1 Å². The zero-order valence-corrected chi connectivity index (χ0v) is 22.4. The van der Waals surface area contributed by atoms with E-state index in [4.69, 9.17) is 38.9 Å². The van der Waals surface area contributed by atoms with Gasteiger partial charge in [-0.2, -0.15) is 5.10 Å². The van der Waals surface area contributed by atoms with E-state index >= 15 is 0 Å². The van der Waals surface area contributed by atoms with Crippen molar-refractivity contribution in [2.24, 2.45) is 5.10 Å². The van der Waals surface area contributed by atoms with Crippen molar-refractivity contribution >= 4 is 67.8 Å². The summed E-state index contributed by atoms with van der Waals surface area (Å²) in [5.41, 5.74) is 8.25. The van der Waals surface area contributed by atoms with Crippen molar-refractivity contribution in [3.8, 4) is 11.4 Å². The van der Waals surface area contributed by atoms with Crippen LogP contribution in [-0.4, -0.2) is 19.1 Å². The number of nitrogens with one attached hydrogen (secondary N) is 1. The molecular formula is C28H18BrClN6S. The highest BCUT2D eigenvalue weighted by Gasteiger charge is 2.16. The van der Waals surface area contributed by atoms with E-state index in [-0.39, 0.29) is 0 Å². The lowest BCUT2D eigenvalue weighted by atomic mass is 10.3. The quantitative estimate of drug-likeness (QED) is 0.173. The first-order valence-corrected chi connectivity index (χ1v) is 13.0. The summed E-state index contributed by atoms with van der Waals surface area (Å²) in [4.78, 5) is 10.1. The van der Waals surface area contributed by atoms with Crippen molar-refractivity contribution in [2.75, 3.05) is 5.43 Å². The van der Waals surface area contributed by atoms with E-state index in [2.05, 4.69) is 21.4 Å². The number of aromatic nitrogens is 4. The molecule has 0 amide bonds. The second-order valence-corrected chi connectivity index (χ2v) is 9.92. The first-order chi connectivity index (χ1) is 18.1. The van der Waals surface area contributed by atoms with Gasteiger partial charge in [-0.3, -0.25) is 14.6 Å². The van der Waals surface area contributed by atoms with Crippen LogP contribution in [0.5, 0.6) is 0 Å². The normalized spacial score (nSPS) is 11.8. The van der Waals surface area contributed by atoms with Crippen molar-refractivity contribution in [2.45, 2.75) is 0 Å². The van der Waals surface area contributed by atoms with Crippen LogP contribution < -0.4 is 10.8 Å². The number of para-hydroxylation sites is 3. The van der Waals surface area contributed by atoms with Crippen LogP contribution >= 0.6 is 39.7 Å². The van der Waals surface area contributed by atoms with Crippen LogP contribution in [0.2, 0.25) is 5.02 Å². The van der Waals surface area contributed by atoms with Crippen molar-refractivity contribution in [3.05, 3.63) is 123 Å².